The molecule has 9 nitrogen and oxygen atoms in total. The van der Waals surface area contributed by atoms with Crippen LogP contribution in [0.15, 0.2) is 84.7 Å². The highest BCUT2D eigenvalue weighted by molar-refractivity contribution is 7.92. The van der Waals surface area contributed by atoms with Gasteiger partial charge in [-0.3, -0.25) is 9.88 Å². The van der Waals surface area contributed by atoms with E-state index >= 15 is 0 Å². The third-order valence-corrected chi connectivity index (χ3v) is 8.26. The Hall–Kier alpha value is -3.97. The first-order valence-corrected chi connectivity index (χ1v) is 13.5. The number of carbonyl (C=O) groups excluding carboxylic acids is 1. The van der Waals surface area contributed by atoms with E-state index in [1.54, 1.807) is 28.3 Å². The standard InChI is InChI=1S/C26H27F3N6O3S/c1-2-24(35-14-12-34(13-15-35)23-16-20(9-11-31-23)26(27,28)29)39(37,38)22-7-5-21(6-8-22)33-25(36)32-18-19-4-3-10-30-17-19/h2-11,16-17,24H,1,12-15,18H2,(H2,32,33,36). The predicted molar refractivity (Wildman–Crippen MR) is 141 cm³/mol. The van der Waals surface area contributed by atoms with Gasteiger partial charge in [0.2, 0.25) is 0 Å². The van der Waals surface area contributed by atoms with E-state index in [1.165, 1.54) is 30.3 Å². The minimum Gasteiger partial charge on any atom is -0.354 e. The summed E-state index contributed by atoms with van der Waals surface area (Å²) in [6, 6.07) is 10.8. The van der Waals surface area contributed by atoms with Crippen LogP contribution in [-0.4, -0.2) is 60.9 Å². The maximum Gasteiger partial charge on any atom is 0.416 e. The number of nitrogens with zero attached hydrogens (tertiary/aromatic N) is 4. The van der Waals surface area contributed by atoms with Gasteiger partial charge in [-0.15, -0.1) is 6.58 Å². The zero-order valence-electron chi connectivity index (χ0n) is 20.8. The molecule has 2 amide bonds. The van der Waals surface area contributed by atoms with Crippen LogP contribution in [0.1, 0.15) is 11.1 Å². The lowest BCUT2D eigenvalue weighted by molar-refractivity contribution is -0.137. The highest BCUT2D eigenvalue weighted by Gasteiger charge is 2.34. The van der Waals surface area contributed by atoms with Gasteiger partial charge in [0, 0.05) is 57.0 Å². The number of hydrogen-bond acceptors (Lipinski definition) is 7. The van der Waals surface area contributed by atoms with Crippen molar-refractivity contribution in [1.29, 1.82) is 0 Å². The minimum atomic E-state index is -4.48. The normalized spacial score (nSPS) is 15.4. The SMILES string of the molecule is C=CC(N1CCN(c2cc(C(F)(F)F)ccn2)CC1)S(=O)(=O)c1ccc(NC(=O)NCc2cccnc2)cc1. The Kier molecular flexibility index (Phi) is 8.51. The summed E-state index contributed by atoms with van der Waals surface area (Å²) in [6.07, 6.45) is 1.25. The first-order chi connectivity index (χ1) is 18.6. The van der Waals surface area contributed by atoms with Crippen LogP contribution in [-0.2, 0) is 22.6 Å². The number of anilines is 2. The Morgan fingerprint density at radius 2 is 1.79 bits per heavy atom. The number of piperazine rings is 1. The Balaban J connectivity index is 1.36. The first-order valence-electron chi connectivity index (χ1n) is 12.0. The summed E-state index contributed by atoms with van der Waals surface area (Å²) in [5.74, 6) is 0.190. The maximum absolute atomic E-state index is 13.4. The summed E-state index contributed by atoms with van der Waals surface area (Å²) in [5.41, 5.74) is 0.455. The topological polar surface area (TPSA) is 108 Å². The molecule has 1 atom stereocenters. The van der Waals surface area contributed by atoms with E-state index < -0.39 is 33.0 Å². The smallest absolute Gasteiger partial charge is 0.354 e. The van der Waals surface area contributed by atoms with Crippen LogP contribution in [0, 0.1) is 0 Å². The molecule has 2 aromatic heterocycles. The second-order valence-corrected chi connectivity index (χ2v) is 10.8. The molecule has 0 spiro atoms. The van der Waals surface area contributed by atoms with Gasteiger partial charge in [0.1, 0.15) is 11.2 Å². The van der Waals surface area contributed by atoms with E-state index in [0.717, 1.165) is 23.9 Å². The predicted octanol–water partition coefficient (Wildman–Crippen LogP) is 3.93. The Morgan fingerprint density at radius 3 is 2.41 bits per heavy atom. The molecule has 206 valence electrons. The molecule has 13 heteroatoms. The molecule has 0 aliphatic carbocycles. The molecular weight excluding hydrogens is 533 g/mol. The second kappa shape index (κ2) is 11.8. The average Bonchev–Trinajstić information content (AvgIpc) is 2.93. The molecular formula is C26H27F3N6O3S. The number of rotatable bonds is 8. The fraction of sp³-hybridized carbons (Fsp3) is 0.269. The van der Waals surface area contributed by atoms with Gasteiger partial charge in [0.15, 0.2) is 9.84 Å². The maximum atomic E-state index is 13.4. The molecule has 2 N–H and O–H groups in total. The molecule has 3 heterocycles. The Bertz CT molecular complexity index is 1390. The van der Waals surface area contributed by atoms with Crippen LogP contribution in [0.3, 0.4) is 0 Å². The van der Waals surface area contributed by atoms with Crippen molar-refractivity contribution in [2.24, 2.45) is 0 Å². The van der Waals surface area contributed by atoms with E-state index in [1.807, 2.05) is 6.07 Å². The minimum absolute atomic E-state index is 0.0516. The molecule has 1 unspecified atom stereocenters. The highest BCUT2D eigenvalue weighted by Crippen LogP contribution is 2.31. The van der Waals surface area contributed by atoms with Crippen LogP contribution in [0.4, 0.5) is 29.5 Å². The summed E-state index contributed by atoms with van der Waals surface area (Å²) in [6.45, 7) is 5.14. The van der Waals surface area contributed by atoms with Gasteiger partial charge in [0.05, 0.1) is 10.5 Å². The van der Waals surface area contributed by atoms with Crippen LogP contribution in [0.2, 0.25) is 0 Å². The molecule has 1 aliphatic heterocycles. The number of urea groups is 1. The zero-order valence-corrected chi connectivity index (χ0v) is 21.6. The third kappa shape index (κ3) is 6.92. The summed E-state index contributed by atoms with van der Waals surface area (Å²) in [7, 11) is -3.86. The average molecular weight is 561 g/mol. The van der Waals surface area contributed by atoms with Crippen molar-refractivity contribution in [3.8, 4) is 0 Å². The summed E-state index contributed by atoms with van der Waals surface area (Å²) in [4.78, 5) is 23.7. The zero-order chi connectivity index (χ0) is 28.0. The number of pyridine rings is 2. The van der Waals surface area contributed by atoms with Gasteiger partial charge in [-0.1, -0.05) is 12.1 Å². The molecule has 1 aliphatic rings. The summed E-state index contributed by atoms with van der Waals surface area (Å²) in [5, 5.41) is 4.32. The Morgan fingerprint density at radius 1 is 1.08 bits per heavy atom. The highest BCUT2D eigenvalue weighted by atomic mass is 32.2. The number of carbonyl (C=O) groups is 1. The lowest BCUT2D eigenvalue weighted by atomic mass is 10.2. The van der Waals surface area contributed by atoms with Crippen molar-refractivity contribution in [2.75, 3.05) is 36.4 Å². The lowest BCUT2D eigenvalue weighted by Gasteiger charge is -2.38. The number of halogens is 3. The van der Waals surface area contributed by atoms with Gasteiger partial charge < -0.3 is 15.5 Å². The van der Waals surface area contributed by atoms with Crippen molar-refractivity contribution in [3.05, 3.63) is 90.9 Å². The third-order valence-electron chi connectivity index (χ3n) is 6.21. The van der Waals surface area contributed by atoms with Crippen LogP contribution in [0.5, 0.6) is 0 Å². The molecule has 1 aromatic carbocycles. The quantitative estimate of drug-likeness (QED) is 0.402. The van der Waals surface area contributed by atoms with Crippen molar-refractivity contribution in [2.45, 2.75) is 23.0 Å². The van der Waals surface area contributed by atoms with Crippen LogP contribution >= 0.6 is 0 Å². The number of benzene rings is 1. The second-order valence-electron chi connectivity index (χ2n) is 8.79. The largest absolute Gasteiger partial charge is 0.416 e. The number of nitrogens with one attached hydrogen (secondary N) is 2. The van der Waals surface area contributed by atoms with E-state index in [9.17, 15) is 26.4 Å². The van der Waals surface area contributed by atoms with Crippen molar-refractivity contribution < 1.29 is 26.4 Å². The van der Waals surface area contributed by atoms with Gasteiger partial charge >= 0.3 is 12.2 Å². The number of aromatic nitrogens is 2. The molecule has 0 bridgehead atoms. The van der Waals surface area contributed by atoms with Gasteiger partial charge in [-0.2, -0.15) is 13.2 Å². The van der Waals surface area contributed by atoms with Gasteiger partial charge in [0.25, 0.3) is 0 Å². The molecule has 1 fully saturated rings. The van der Waals surface area contributed by atoms with Crippen molar-refractivity contribution in [3.63, 3.8) is 0 Å². The fourth-order valence-corrected chi connectivity index (χ4v) is 5.82. The number of alkyl halides is 3. The van der Waals surface area contributed by atoms with Crippen molar-refractivity contribution in [1.82, 2.24) is 20.2 Å². The molecule has 0 radical (unpaired) electrons. The molecule has 39 heavy (non-hydrogen) atoms. The lowest BCUT2D eigenvalue weighted by Crippen LogP contribution is -2.52. The number of amides is 2. The number of hydrogen-bond donors (Lipinski definition) is 2. The fourth-order valence-electron chi connectivity index (χ4n) is 4.17. The van der Waals surface area contributed by atoms with Crippen molar-refractivity contribution >= 4 is 27.4 Å². The Labute approximate surface area is 224 Å². The van der Waals surface area contributed by atoms with Gasteiger partial charge in [-0.25, -0.2) is 18.2 Å². The van der Waals surface area contributed by atoms with E-state index in [4.69, 9.17) is 0 Å². The van der Waals surface area contributed by atoms with Crippen LogP contribution in [0.25, 0.3) is 0 Å². The molecule has 4 rings (SSSR count). The molecule has 0 saturated carbocycles. The first kappa shape index (κ1) is 28.0. The van der Waals surface area contributed by atoms with E-state index in [0.29, 0.717) is 18.8 Å². The monoisotopic (exact) mass is 560 g/mol. The molecule has 3 aromatic rings. The van der Waals surface area contributed by atoms with Crippen LogP contribution < -0.4 is 15.5 Å². The van der Waals surface area contributed by atoms with Gasteiger partial charge in [-0.05, 0) is 48.0 Å². The molecule has 1 saturated heterocycles. The summed E-state index contributed by atoms with van der Waals surface area (Å²) < 4.78 is 66.0. The van der Waals surface area contributed by atoms with E-state index in [-0.39, 0.29) is 30.3 Å². The van der Waals surface area contributed by atoms with E-state index in [2.05, 4.69) is 27.2 Å². The number of sulfone groups is 1. The summed E-state index contributed by atoms with van der Waals surface area (Å²) >= 11 is 0.